The quantitative estimate of drug-likeness (QED) is 0.270. The molecule has 0 fully saturated rings. The van der Waals surface area contributed by atoms with E-state index < -0.39 is 0 Å². The van der Waals surface area contributed by atoms with Crippen molar-refractivity contribution in [2.45, 2.75) is 26.1 Å². The molecule has 9 heteroatoms. The molecular weight excluding hydrogens is 549 g/mol. The van der Waals surface area contributed by atoms with Crippen molar-refractivity contribution >= 4 is 6.29 Å². The van der Waals surface area contributed by atoms with Crippen LogP contribution in [0.25, 0.3) is 0 Å². The number of carbonyl (C=O) groups is 1. The first-order chi connectivity index (χ1) is 10.2. The van der Waals surface area contributed by atoms with Gasteiger partial charge in [-0.1, -0.05) is 26.1 Å². The SMILES string of the molecule is [CH2-]CN(C)[CH-]C(C)O.[CH2-]CN(C)[CH-]C=O.[CH2-]CN[CH-]C(C)O.[Y].[Y].[Y]. The maximum atomic E-state index is 9.65. The fourth-order valence-corrected chi connectivity index (χ4v) is 0.875. The summed E-state index contributed by atoms with van der Waals surface area (Å²) in [6.07, 6.45) is 0.00838. The molecule has 0 aliphatic carbocycles. The minimum absolute atomic E-state index is 0. The van der Waals surface area contributed by atoms with Crippen LogP contribution in [0.3, 0.4) is 0 Å². The van der Waals surface area contributed by atoms with Gasteiger partial charge in [-0.05, 0) is 20.4 Å². The molecule has 6 nitrogen and oxygen atoms in total. The molecule has 2 atom stereocenters. The van der Waals surface area contributed by atoms with Crippen molar-refractivity contribution in [2.75, 3.05) is 33.7 Å². The first kappa shape index (κ1) is 41.9. The molecule has 0 aromatic rings. The summed E-state index contributed by atoms with van der Waals surface area (Å²) in [6, 6.07) is 0. The largest absolute Gasteiger partial charge is 0.493 e. The van der Waals surface area contributed by atoms with E-state index in [0.717, 1.165) is 6.29 Å². The zero-order valence-corrected chi connectivity index (χ0v) is 24.7. The summed E-state index contributed by atoms with van der Waals surface area (Å²) in [7, 11) is 3.67. The van der Waals surface area contributed by atoms with Crippen LogP contribution in [0.15, 0.2) is 0 Å². The molecule has 0 heterocycles. The zero-order valence-electron chi connectivity index (χ0n) is 16.1. The number of aliphatic hydroxyl groups excluding tert-OH is 2. The minimum atomic E-state index is -0.373. The Morgan fingerprint density at radius 3 is 1.56 bits per heavy atom. The van der Waals surface area contributed by atoms with E-state index in [9.17, 15) is 4.79 Å². The standard InChI is InChI=1S/C6H13NO.C5H9NO.C5H11NO.3Y/c1-4-7(3)5-6(2)8;1-3-6(2)4-5-7;1-3-6-4-5(2)7;;;/h5-6,8H,1,4H2,2-3H3;4-5H,1,3H2,2H3;4-7H,1,3H2,2H3;;;/q3*-2;;;. The van der Waals surface area contributed by atoms with Gasteiger partial charge >= 0.3 is 0 Å². The van der Waals surface area contributed by atoms with E-state index in [1.165, 1.54) is 6.54 Å². The molecule has 3 N–H and O–H groups in total. The summed E-state index contributed by atoms with van der Waals surface area (Å²) in [6.45, 7) is 20.8. The van der Waals surface area contributed by atoms with Crippen molar-refractivity contribution in [1.82, 2.24) is 15.1 Å². The van der Waals surface area contributed by atoms with Gasteiger partial charge in [0.15, 0.2) is 0 Å². The van der Waals surface area contributed by atoms with Crippen LogP contribution in [0.5, 0.6) is 0 Å². The van der Waals surface area contributed by atoms with Crippen molar-refractivity contribution in [2.24, 2.45) is 0 Å². The van der Waals surface area contributed by atoms with Gasteiger partial charge in [0.25, 0.3) is 0 Å². The summed E-state index contributed by atoms with van der Waals surface area (Å²) >= 11 is 0. The van der Waals surface area contributed by atoms with Crippen molar-refractivity contribution in [1.29, 1.82) is 0 Å². The Kier molecular flexibility index (Phi) is 57.3. The van der Waals surface area contributed by atoms with Crippen LogP contribution in [-0.4, -0.2) is 72.2 Å². The number of aliphatic hydroxyl groups is 2. The summed E-state index contributed by atoms with van der Waals surface area (Å²) < 4.78 is 0. The Balaban J connectivity index is -0.0000000512. The Bertz CT molecular complexity index is 228. The number of nitrogens with zero attached hydrogens (tertiary/aromatic N) is 2. The smallest absolute Gasteiger partial charge is 0 e. The second-order valence-electron chi connectivity index (χ2n) is 4.50. The van der Waals surface area contributed by atoms with Gasteiger partial charge in [-0.15, -0.1) is 0 Å². The number of likely N-dealkylation sites (N-methyl/N-ethyl adjacent to an activating group) is 2. The van der Waals surface area contributed by atoms with Crippen LogP contribution in [0.4, 0.5) is 0 Å². The first-order valence-electron chi connectivity index (χ1n) is 7.09. The topological polar surface area (TPSA) is 76.0 Å². The van der Waals surface area contributed by atoms with E-state index in [2.05, 4.69) is 26.1 Å². The Morgan fingerprint density at radius 2 is 1.44 bits per heavy atom. The van der Waals surface area contributed by atoms with Crippen LogP contribution in [0.1, 0.15) is 13.8 Å². The maximum absolute atomic E-state index is 9.65. The Hall–Kier alpha value is 2.65. The Morgan fingerprint density at radius 1 is 1.00 bits per heavy atom. The molecule has 0 aliphatic rings. The normalized spacial score (nSPS) is 11.2. The number of hydrogen-bond acceptors (Lipinski definition) is 6. The molecule has 3 radical (unpaired) electrons. The fourth-order valence-electron chi connectivity index (χ4n) is 0.875. The van der Waals surface area contributed by atoms with E-state index in [-0.39, 0.29) is 110 Å². The van der Waals surface area contributed by atoms with Crippen LogP contribution in [0.2, 0.25) is 0 Å². The van der Waals surface area contributed by atoms with E-state index in [0.29, 0.717) is 19.6 Å². The van der Waals surface area contributed by atoms with Crippen LogP contribution in [-0.2, 0) is 103 Å². The van der Waals surface area contributed by atoms with E-state index in [1.54, 1.807) is 38.9 Å². The molecule has 0 rings (SSSR count). The van der Waals surface area contributed by atoms with Crippen LogP contribution < -0.4 is 5.32 Å². The third-order valence-electron chi connectivity index (χ3n) is 1.99. The summed E-state index contributed by atoms with van der Waals surface area (Å²) in [5, 5.41) is 20.0. The predicted molar refractivity (Wildman–Crippen MR) is 91.7 cm³/mol. The van der Waals surface area contributed by atoms with E-state index >= 15 is 0 Å². The van der Waals surface area contributed by atoms with Crippen molar-refractivity contribution in [3.05, 3.63) is 40.4 Å². The molecule has 0 aliphatic heterocycles. The summed E-state index contributed by atoms with van der Waals surface area (Å²) in [4.78, 5) is 13.2. The Labute approximate surface area is 231 Å². The molecule has 25 heavy (non-hydrogen) atoms. The zero-order chi connectivity index (χ0) is 18.0. The number of carbonyl (C=O) groups excluding carboxylic acids is 1. The van der Waals surface area contributed by atoms with E-state index in [1.807, 2.05) is 11.9 Å². The van der Waals surface area contributed by atoms with Gasteiger partial charge in [0.05, 0.1) is 0 Å². The minimum Gasteiger partial charge on any atom is -0.493 e. The molecule has 0 amide bonds. The summed E-state index contributed by atoms with van der Waals surface area (Å²) in [5.74, 6) is 0. The van der Waals surface area contributed by atoms with Gasteiger partial charge in [-0.3, -0.25) is 6.54 Å². The molecule has 0 saturated carbocycles. The first-order valence-corrected chi connectivity index (χ1v) is 7.09. The number of rotatable bonds is 9. The van der Waals surface area contributed by atoms with Crippen LogP contribution >= 0.6 is 0 Å². The number of aldehydes is 1. The summed E-state index contributed by atoms with van der Waals surface area (Å²) in [5.41, 5.74) is 0. The average Bonchev–Trinajstić information content (AvgIpc) is 2.45. The molecule has 2 unspecified atom stereocenters. The third-order valence-corrected chi connectivity index (χ3v) is 1.99. The molecule has 0 aromatic carbocycles. The van der Waals surface area contributed by atoms with Gasteiger partial charge in [-0.25, -0.2) is 13.1 Å². The average molecular weight is 582 g/mol. The van der Waals surface area contributed by atoms with E-state index in [4.69, 9.17) is 10.2 Å². The van der Waals surface area contributed by atoms with Gasteiger partial charge in [-0.2, -0.15) is 19.6 Å². The van der Waals surface area contributed by atoms with Gasteiger partial charge in [0, 0.05) is 98.1 Å². The van der Waals surface area contributed by atoms with Crippen molar-refractivity contribution in [3.63, 3.8) is 0 Å². The van der Waals surface area contributed by atoms with Gasteiger partial charge < -0.3 is 50.9 Å². The molecular formula is C16H33N3O3Y3-6. The third kappa shape index (κ3) is 52.0. The molecule has 0 aromatic heterocycles. The van der Waals surface area contributed by atoms with Gasteiger partial charge in [0.1, 0.15) is 0 Å². The second-order valence-corrected chi connectivity index (χ2v) is 4.50. The van der Waals surface area contributed by atoms with Crippen molar-refractivity contribution < 1.29 is 113 Å². The van der Waals surface area contributed by atoms with Gasteiger partial charge in [0.2, 0.25) is 0 Å². The molecule has 0 spiro atoms. The fraction of sp³-hybridized carbons (Fsp3) is 0.562. The maximum Gasteiger partial charge on any atom is 0 e. The molecule has 0 bridgehead atoms. The van der Waals surface area contributed by atoms with Crippen LogP contribution in [0, 0.1) is 40.4 Å². The molecule has 145 valence electrons. The second kappa shape index (κ2) is 34.2. The predicted octanol–water partition coefficient (Wildman–Crippen LogP) is 0.353. The van der Waals surface area contributed by atoms with Crippen molar-refractivity contribution in [3.8, 4) is 0 Å². The monoisotopic (exact) mass is 582 g/mol. The number of hydrogen-bond donors (Lipinski definition) is 3. The number of nitrogens with one attached hydrogen (secondary N) is 1. The molecule has 0 saturated heterocycles.